The van der Waals surface area contributed by atoms with Crippen LogP contribution in [0.25, 0.3) is 0 Å². The van der Waals surface area contributed by atoms with Gasteiger partial charge in [-0.25, -0.2) is 4.79 Å². The highest BCUT2D eigenvalue weighted by atomic mass is 16.3. The number of rotatable bonds is 6. The monoisotopic (exact) mass is 242 g/mol. The number of amides is 2. The number of likely N-dealkylation sites (N-methyl/N-ethyl adjacent to an activating group) is 1. The Bertz CT molecular complexity index is 238. The summed E-state index contributed by atoms with van der Waals surface area (Å²) in [5.74, 6) is 0. The Morgan fingerprint density at radius 1 is 1.35 bits per heavy atom. The van der Waals surface area contributed by atoms with E-state index in [1.165, 1.54) is 25.7 Å². The van der Waals surface area contributed by atoms with Gasteiger partial charge in [0.25, 0.3) is 0 Å². The molecule has 100 valence electrons. The van der Waals surface area contributed by atoms with Crippen molar-refractivity contribution in [2.24, 2.45) is 5.41 Å². The lowest BCUT2D eigenvalue weighted by molar-refractivity contribution is 0.172. The predicted octanol–water partition coefficient (Wildman–Crippen LogP) is 1.98. The zero-order valence-electron chi connectivity index (χ0n) is 11.2. The Morgan fingerprint density at radius 3 is 2.47 bits per heavy atom. The third-order valence-electron chi connectivity index (χ3n) is 4.07. The number of aliphatic hydroxyl groups is 1. The topological polar surface area (TPSA) is 52.6 Å². The Balaban J connectivity index is 2.40. The van der Waals surface area contributed by atoms with Crippen molar-refractivity contribution in [2.75, 3.05) is 26.2 Å². The highest BCUT2D eigenvalue weighted by Gasteiger charge is 2.32. The predicted molar refractivity (Wildman–Crippen MR) is 68.9 cm³/mol. The van der Waals surface area contributed by atoms with E-state index in [0.717, 1.165) is 13.0 Å². The van der Waals surface area contributed by atoms with Crippen molar-refractivity contribution in [3.8, 4) is 0 Å². The van der Waals surface area contributed by atoms with Crippen molar-refractivity contribution in [1.29, 1.82) is 0 Å². The molecule has 0 bridgehead atoms. The highest BCUT2D eigenvalue weighted by molar-refractivity contribution is 5.74. The first kappa shape index (κ1) is 14.3. The lowest BCUT2D eigenvalue weighted by Crippen LogP contribution is -2.45. The first-order valence-electron chi connectivity index (χ1n) is 6.81. The second-order valence-corrected chi connectivity index (χ2v) is 5.02. The molecule has 0 aromatic carbocycles. The first-order chi connectivity index (χ1) is 8.17. The summed E-state index contributed by atoms with van der Waals surface area (Å²) in [4.78, 5) is 13.5. The average molecular weight is 242 g/mol. The SMILES string of the molecule is CCN(CCO)C(=O)NCC1(CC)CCCC1. The Kier molecular flexibility index (Phi) is 5.75. The number of urea groups is 1. The van der Waals surface area contributed by atoms with Crippen LogP contribution < -0.4 is 5.32 Å². The van der Waals surface area contributed by atoms with Crippen LogP contribution >= 0.6 is 0 Å². The molecule has 4 nitrogen and oxygen atoms in total. The summed E-state index contributed by atoms with van der Waals surface area (Å²) in [7, 11) is 0. The number of carbonyl (C=O) groups is 1. The van der Waals surface area contributed by atoms with Gasteiger partial charge in [-0.2, -0.15) is 0 Å². The summed E-state index contributed by atoms with van der Waals surface area (Å²) in [5.41, 5.74) is 0.328. The molecule has 0 spiro atoms. The summed E-state index contributed by atoms with van der Waals surface area (Å²) < 4.78 is 0. The van der Waals surface area contributed by atoms with Gasteiger partial charge in [-0.1, -0.05) is 19.8 Å². The zero-order valence-corrected chi connectivity index (χ0v) is 11.2. The highest BCUT2D eigenvalue weighted by Crippen LogP contribution is 2.40. The molecule has 0 aliphatic heterocycles. The maximum Gasteiger partial charge on any atom is 0.317 e. The average Bonchev–Trinajstić information content (AvgIpc) is 2.82. The van der Waals surface area contributed by atoms with Crippen LogP contribution in [0.3, 0.4) is 0 Å². The van der Waals surface area contributed by atoms with Gasteiger partial charge < -0.3 is 15.3 Å². The summed E-state index contributed by atoms with van der Waals surface area (Å²) in [6.45, 7) is 6.01. The normalized spacial score (nSPS) is 18.1. The standard InChI is InChI=1S/C13H26N2O2/c1-3-13(7-5-6-8-13)11-14-12(17)15(4-2)9-10-16/h16H,3-11H2,1-2H3,(H,14,17). The number of nitrogens with one attached hydrogen (secondary N) is 1. The van der Waals surface area contributed by atoms with Crippen LogP contribution in [0.1, 0.15) is 46.0 Å². The molecule has 1 saturated carbocycles. The fourth-order valence-electron chi connectivity index (χ4n) is 2.68. The molecule has 0 aromatic heterocycles. The molecular formula is C13H26N2O2. The van der Waals surface area contributed by atoms with Gasteiger partial charge in [-0.15, -0.1) is 0 Å². The minimum Gasteiger partial charge on any atom is -0.395 e. The summed E-state index contributed by atoms with van der Waals surface area (Å²) in [6, 6.07) is -0.0405. The summed E-state index contributed by atoms with van der Waals surface area (Å²) in [6.07, 6.45) is 6.18. The van der Waals surface area contributed by atoms with Crippen LogP contribution in [0.15, 0.2) is 0 Å². The van der Waals surface area contributed by atoms with Gasteiger partial charge >= 0.3 is 6.03 Å². The van der Waals surface area contributed by atoms with Crippen molar-refractivity contribution in [3.05, 3.63) is 0 Å². The van der Waals surface area contributed by atoms with E-state index in [-0.39, 0.29) is 12.6 Å². The zero-order chi connectivity index (χ0) is 12.7. The van der Waals surface area contributed by atoms with Crippen LogP contribution in [0.2, 0.25) is 0 Å². The van der Waals surface area contributed by atoms with E-state index in [1.54, 1.807) is 4.90 Å². The van der Waals surface area contributed by atoms with Gasteiger partial charge in [0.1, 0.15) is 0 Å². The number of aliphatic hydroxyl groups excluding tert-OH is 1. The smallest absolute Gasteiger partial charge is 0.317 e. The molecule has 0 heterocycles. The molecule has 0 aromatic rings. The molecule has 0 radical (unpaired) electrons. The third-order valence-corrected chi connectivity index (χ3v) is 4.07. The molecule has 4 heteroatoms. The van der Waals surface area contributed by atoms with Gasteiger partial charge in [-0.05, 0) is 31.6 Å². The summed E-state index contributed by atoms with van der Waals surface area (Å²) >= 11 is 0. The Morgan fingerprint density at radius 2 is 2.00 bits per heavy atom. The van der Waals surface area contributed by atoms with E-state index >= 15 is 0 Å². The van der Waals surface area contributed by atoms with Gasteiger partial charge in [0.15, 0.2) is 0 Å². The minimum atomic E-state index is -0.0405. The number of carbonyl (C=O) groups excluding carboxylic acids is 1. The maximum atomic E-state index is 11.9. The van der Waals surface area contributed by atoms with Gasteiger partial charge in [0.2, 0.25) is 0 Å². The van der Waals surface area contributed by atoms with Crippen LogP contribution in [-0.2, 0) is 0 Å². The van der Waals surface area contributed by atoms with E-state index in [1.807, 2.05) is 6.92 Å². The largest absolute Gasteiger partial charge is 0.395 e. The molecule has 0 atom stereocenters. The minimum absolute atomic E-state index is 0.0280. The second-order valence-electron chi connectivity index (χ2n) is 5.02. The fraction of sp³-hybridized carbons (Fsp3) is 0.923. The summed E-state index contributed by atoms with van der Waals surface area (Å²) in [5, 5.41) is 11.9. The lowest BCUT2D eigenvalue weighted by Gasteiger charge is -2.29. The molecule has 0 saturated heterocycles. The fourth-order valence-corrected chi connectivity index (χ4v) is 2.68. The van der Waals surface area contributed by atoms with Gasteiger partial charge in [0, 0.05) is 19.6 Å². The van der Waals surface area contributed by atoms with Gasteiger partial charge in [-0.3, -0.25) is 0 Å². The molecule has 2 N–H and O–H groups in total. The van der Waals surface area contributed by atoms with Crippen molar-refractivity contribution in [2.45, 2.75) is 46.0 Å². The number of hydrogen-bond acceptors (Lipinski definition) is 2. The molecule has 1 aliphatic carbocycles. The van der Waals surface area contributed by atoms with Crippen LogP contribution in [-0.4, -0.2) is 42.3 Å². The molecule has 0 unspecified atom stereocenters. The van der Waals surface area contributed by atoms with E-state index in [0.29, 0.717) is 18.5 Å². The Labute approximate surface area is 104 Å². The van der Waals surface area contributed by atoms with Crippen molar-refractivity contribution < 1.29 is 9.90 Å². The molecule has 1 rings (SSSR count). The van der Waals surface area contributed by atoms with E-state index in [4.69, 9.17) is 5.11 Å². The molecule has 2 amide bonds. The van der Waals surface area contributed by atoms with Crippen molar-refractivity contribution >= 4 is 6.03 Å². The van der Waals surface area contributed by atoms with E-state index in [2.05, 4.69) is 12.2 Å². The third kappa shape index (κ3) is 3.87. The van der Waals surface area contributed by atoms with Gasteiger partial charge in [0.05, 0.1) is 6.61 Å². The quantitative estimate of drug-likeness (QED) is 0.748. The molecular weight excluding hydrogens is 216 g/mol. The van der Waals surface area contributed by atoms with Crippen molar-refractivity contribution in [3.63, 3.8) is 0 Å². The first-order valence-corrected chi connectivity index (χ1v) is 6.81. The van der Waals surface area contributed by atoms with Crippen LogP contribution in [0.4, 0.5) is 4.79 Å². The lowest BCUT2D eigenvalue weighted by atomic mass is 9.83. The van der Waals surface area contributed by atoms with Crippen LogP contribution in [0, 0.1) is 5.41 Å². The maximum absolute atomic E-state index is 11.9. The Hall–Kier alpha value is -0.770. The number of hydrogen-bond donors (Lipinski definition) is 2. The molecule has 17 heavy (non-hydrogen) atoms. The number of nitrogens with zero attached hydrogens (tertiary/aromatic N) is 1. The second kappa shape index (κ2) is 6.84. The molecule has 1 aliphatic rings. The molecule has 1 fully saturated rings. The van der Waals surface area contributed by atoms with Crippen LogP contribution in [0.5, 0.6) is 0 Å². The van der Waals surface area contributed by atoms with Crippen molar-refractivity contribution in [1.82, 2.24) is 10.2 Å². The van der Waals surface area contributed by atoms with E-state index in [9.17, 15) is 4.79 Å². The van der Waals surface area contributed by atoms with E-state index < -0.39 is 0 Å².